The largest absolute Gasteiger partial charge is 0.476 e. The van der Waals surface area contributed by atoms with Crippen molar-refractivity contribution >= 4 is 17.0 Å². The molecular formula is C26H33N3O3. The number of nitrogens with zero attached hydrogens (tertiary/aromatic N) is 3. The van der Waals surface area contributed by atoms with Gasteiger partial charge < -0.3 is 9.67 Å². The summed E-state index contributed by atoms with van der Waals surface area (Å²) in [6.45, 7) is 2.22. The summed E-state index contributed by atoms with van der Waals surface area (Å²) < 4.78 is 1.76. The zero-order chi connectivity index (χ0) is 22.2. The Kier molecular flexibility index (Phi) is 5.89. The van der Waals surface area contributed by atoms with E-state index in [1.54, 1.807) is 16.2 Å². The fraction of sp³-hybridized carbons (Fsp3) is 0.577. The second-order valence-electron chi connectivity index (χ2n) is 9.76. The van der Waals surface area contributed by atoms with E-state index in [0.29, 0.717) is 23.6 Å². The normalized spacial score (nSPS) is 30.0. The number of piperidine rings is 2. The molecule has 2 bridgehead atoms. The van der Waals surface area contributed by atoms with Crippen LogP contribution in [0.5, 0.6) is 0 Å². The Bertz CT molecular complexity index is 1090. The van der Waals surface area contributed by atoms with Crippen LogP contribution >= 0.6 is 0 Å². The van der Waals surface area contributed by atoms with E-state index in [9.17, 15) is 14.7 Å². The molecule has 170 valence electrons. The van der Waals surface area contributed by atoms with Crippen molar-refractivity contribution < 1.29 is 9.90 Å². The number of aromatic nitrogens is 2. The second-order valence-corrected chi connectivity index (χ2v) is 9.76. The average Bonchev–Trinajstić information content (AvgIpc) is 2.78. The summed E-state index contributed by atoms with van der Waals surface area (Å²) in [6.07, 6.45) is 13.9. The number of fused-ring (bicyclic) bond motifs is 3. The monoisotopic (exact) mass is 435 g/mol. The third kappa shape index (κ3) is 3.79. The van der Waals surface area contributed by atoms with Crippen LogP contribution in [0.3, 0.4) is 0 Å². The average molecular weight is 436 g/mol. The number of para-hydroxylation sites is 2. The minimum atomic E-state index is -1.25. The second kappa shape index (κ2) is 8.81. The molecule has 5 rings (SSSR count). The maximum Gasteiger partial charge on any atom is 0.360 e. The molecule has 0 unspecified atom stereocenters. The van der Waals surface area contributed by atoms with Gasteiger partial charge in [0.15, 0.2) is 0 Å². The van der Waals surface area contributed by atoms with Gasteiger partial charge in [0.05, 0.1) is 11.0 Å². The molecule has 1 saturated carbocycles. The summed E-state index contributed by atoms with van der Waals surface area (Å²) in [5.41, 5.74) is 2.13. The summed E-state index contributed by atoms with van der Waals surface area (Å²) >= 11 is 0. The number of rotatable bonds is 4. The van der Waals surface area contributed by atoms with Gasteiger partial charge in [0.2, 0.25) is 5.69 Å². The summed E-state index contributed by atoms with van der Waals surface area (Å²) in [6, 6.07) is 9.01. The molecule has 0 radical (unpaired) electrons. The lowest BCUT2D eigenvalue weighted by atomic mass is 9.77. The van der Waals surface area contributed by atoms with Crippen LogP contribution in [-0.4, -0.2) is 43.7 Å². The number of aromatic carboxylic acids is 1. The highest BCUT2D eigenvalue weighted by atomic mass is 16.4. The van der Waals surface area contributed by atoms with Gasteiger partial charge in [0, 0.05) is 24.2 Å². The van der Waals surface area contributed by atoms with Crippen LogP contribution in [0.15, 0.2) is 40.7 Å². The Hall–Kier alpha value is -2.47. The van der Waals surface area contributed by atoms with Crippen LogP contribution in [0, 0.1) is 0 Å². The summed E-state index contributed by atoms with van der Waals surface area (Å²) in [5, 5.41) is 9.60. The van der Waals surface area contributed by atoms with E-state index >= 15 is 0 Å². The fourth-order valence-electron chi connectivity index (χ4n) is 6.65. The van der Waals surface area contributed by atoms with Gasteiger partial charge in [-0.15, -0.1) is 0 Å². The number of carboxylic acid groups (broad SMARTS) is 1. The van der Waals surface area contributed by atoms with Gasteiger partial charge in [-0.1, -0.05) is 37.1 Å². The van der Waals surface area contributed by atoms with Crippen LogP contribution < -0.4 is 5.56 Å². The number of hydrogen-bond acceptors (Lipinski definition) is 4. The minimum absolute atomic E-state index is 0.0225. The Labute approximate surface area is 189 Å². The molecule has 6 heteroatoms. The fourth-order valence-corrected chi connectivity index (χ4v) is 6.65. The highest BCUT2D eigenvalue weighted by molar-refractivity contribution is 5.88. The number of carbonyl (C=O) groups is 1. The van der Waals surface area contributed by atoms with E-state index in [4.69, 9.17) is 0 Å². The molecule has 1 N–H and O–H groups in total. The molecule has 2 aromatic rings. The van der Waals surface area contributed by atoms with Crippen molar-refractivity contribution in [2.45, 2.75) is 95.3 Å². The molecule has 32 heavy (non-hydrogen) atoms. The lowest BCUT2D eigenvalue weighted by molar-refractivity contribution is -0.0231. The highest BCUT2D eigenvalue weighted by Gasteiger charge is 2.43. The van der Waals surface area contributed by atoms with Gasteiger partial charge in [0.1, 0.15) is 0 Å². The van der Waals surface area contributed by atoms with Crippen molar-refractivity contribution in [3.05, 3.63) is 52.0 Å². The number of hydrogen-bond donors (Lipinski definition) is 1. The molecule has 0 amide bonds. The van der Waals surface area contributed by atoms with Crippen LogP contribution in [0.2, 0.25) is 0 Å². The SMILES string of the molecule is CC/C=C1/CCC[C@H](N2[C@@H]3CCC[C@H]2C[C@@H](n2c(=O)c(C(=O)O)nc4ccccc42)C3)C1. The summed E-state index contributed by atoms with van der Waals surface area (Å²) in [5.74, 6) is -1.25. The van der Waals surface area contributed by atoms with Crippen molar-refractivity contribution in [2.24, 2.45) is 0 Å². The lowest BCUT2D eigenvalue weighted by Crippen LogP contribution is -2.57. The molecule has 3 fully saturated rings. The van der Waals surface area contributed by atoms with Crippen molar-refractivity contribution in [1.82, 2.24) is 14.5 Å². The maximum atomic E-state index is 13.2. The molecule has 0 spiro atoms. The van der Waals surface area contributed by atoms with E-state index in [0.717, 1.165) is 24.8 Å². The molecule has 1 aliphatic carbocycles. The molecule has 4 atom stereocenters. The predicted octanol–water partition coefficient (Wildman–Crippen LogP) is 4.93. The number of benzene rings is 1. The Morgan fingerprint density at radius 2 is 1.81 bits per heavy atom. The topological polar surface area (TPSA) is 75.4 Å². The van der Waals surface area contributed by atoms with Crippen LogP contribution in [0.25, 0.3) is 11.0 Å². The van der Waals surface area contributed by atoms with Gasteiger partial charge in [-0.05, 0) is 69.9 Å². The predicted molar refractivity (Wildman–Crippen MR) is 125 cm³/mol. The van der Waals surface area contributed by atoms with E-state index in [2.05, 4.69) is 22.9 Å². The quantitative estimate of drug-likeness (QED) is 0.689. The first kappa shape index (κ1) is 21.4. The first-order valence-electron chi connectivity index (χ1n) is 12.3. The van der Waals surface area contributed by atoms with Crippen LogP contribution in [0.1, 0.15) is 87.7 Å². The summed E-state index contributed by atoms with van der Waals surface area (Å²) in [7, 11) is 0. The standard InChI is InChI=1S/C26H33N3O3/c1-2-7-17-8-5-9-18(14-17)28-19-10-6-11-20(28)16-21(15-19)29-23-13-4-3-12-22(23)27-24(25(29)30)26(31)32/h3-4,7,12-13,18-21H,2,5-6,8-11,14-16H2,1H3,(H,31,32)/b17-7-/t18-,19-,20+,21+/m0/s1. The molecule has 2 aliphatic heterocycles. The smallest absolute Gasteiger partial charge is 0.360 e. The molecule has 6 nitrogen and oxygen atoms in total. The molecule has 3 heterocycles. The zero-order valence-electron chi connectivity index (χ0n) is 18.9. The third-order valence-electron chi connectivity index (χ3n) is 7.82. The van der Waals surface area contributed by atoms with Gasteiger partial charge >= 0.3 is 5.97 Å². The van der Waals surface area contributed by atoms with Crippen molar-refractivity contribution in [1.29, 1.82) is 0 Å². The van der Waals surface area contributed by atoms with E-state index < -0.39 is 11.5 Å². The molecule has 1 aromatic carbocycles. The Morgan fingerprint density at radius 3 is 2.53 bits per heavy atom. The van der Waals surface area contributed by atoms with Gasteiger partial charge in [-0.25, -0.2) is 9.78 Å². The van der Waals surface area contributed by atoms with Gasteiger partial charge in [0.25, 0.3) is 5.56 Å². The Balaban J connectivity index is 1.49. The molecular weight excluding hydrogens is 402 g/mol. The third-order valence-corrected chi connectivity index (χ3v) is 7.82. The number of carboxylic acids is 1. The maximum absolute atomic E-state index is 13.2. The summed E-state index contributed by atoms with van der Waals surface area (Å²) in [4.78, 5) is 32.0. The van der Waals surface area contributed by atoms with Crippen molar-refractivity contribution in [3.8, 4) is 0 Å². The minimum Gasteiger partial charge on any atom is -0.476 e. The van der Waals surface area contributed by atoms with E-state index in [-0.39, 0.29) is 11.7 Å². The molecule has 2 saturated heterocycles. The number of allylic oxidation sites excluding steroid dienone is 1. The first-order valence-corrected chi connectivity index (χ1v) is 12.3. The highest BCUT2D eigenvalue weighted by Crippen LogP contribution is 2.43. The van der Waals surface area contributed by atoms with Gasteiger partial charge in [-0.3, -0.25) is 9.69 Å². The van der Waals surface area contributed by atoms with Gasteiger partial charge in [-0.2, -0.15) is 0 Å². The van der Waals surface area contributed by atoms with Crippen molar-refractivity contribution in [3.63, 3.8) is 0 Å². The first-order chi connectivity index (χ1) is 15.6. The van der Waals surface area contributed by atoms with Crippen LogP contribution in [0.4, 0.5) is 0 Å². The van der Waals surface area contributed by atoms with Crippen molar-refractivity contribution in [2.75, 3.05) is 0 Å². The molecule has 3 aliphatic rings. The van der Waals surface area contributed by atoms with E-state index in [1.807, 2.05) is 18.2 Å². The van der Waals surface area contributed by atoms with Crippen LogP contribution in [-0.2, 0) is 0 Å². The Morgan fingerprint density at radius 1 is 1.09 bits per heavy atom. The lowest BCUT2D eigenvalue weighted by Gasteiger charge is -2.53. The zero-order valence-corrected chi connectivity index (χ0v) is 18.9. The van der Waals surface area contributed by atoms with E-state index in [1.165, 1.54) is 44.9 Å². The molecule has 1 aromatic heterocycles.